The molecule has 3 saturated carbocycles. The molecule has 3 aliphatic rings. The molecule has 0 heterocycles. The zero-order valence-electron chi connectivity index (χ0n) is 24.3. The summed E-state index contributed by atoms with van der Waals surface area (Å²) in [7, 11) is 0. The number of aliphatic hydroxyl groups is 2. The van der Waals surface area contributed by atoms with Gasteiger partial charge >= 0.3 is 0 Å². The van der Waals surface area contributed by atoms with Crippen molar-refractivity contribution in [3.05, 3.63) is 35.5 Å². The van der Waals surface area contributed by atoms with Crippen molar-refractivity contribution in [2.75, 3.05) is 0 Å². The van der Waals surface area contributed by atoms with Gasteiger partial charge in [0.15, 0.2) is 0 Å². The molecule has 2 heteroatoms. The summed E-state index contributed by atoms with van der Waals surface area (Å²) in [4.78, 5) is 0. The summed E-state index contributed by atoms with van der Waals surface area (Å²) in [5, 5.41) is 20.6. The third-order valence-electron chi connectivity index (χ3n) is 8.11. The Morgan fingerprint density at radius 3 is 2.83 bits per heavy atom. The highest BCUT2D eigenvalue weighted by Gasteiger charge is 2.50. The fourth-order valence-electron chi connectivity index (χ4n) is 6.49. The van der Waals surface area contributed by atoms with Gasteiger partial charge < -0.3 is 10.2 Å². The Balaban J connectivity index is 1.68. The molecular weight excluding hydrogens is 356 g/mol. The Morgan fingerprint density at radius 1 is 1.28 bits per heavy atom. The average Bonchev–Trinajstić information content (AvgIpc) is 3.10. The van der Waals surface area contributed by atoms with Crippen molar-refractivity contribution in [2.24, 2.45) is 23.2 Å². The minimum Gasteiger partial charge on any atom is -0.393 e. The maximum atomic E-state index is 10.6. The first kappa shape index (κ1) is 15.9. The molecule has 0 saturated heterocycles. The summed E-state index contributed by atoms with van der Waals surface area (Å²) in [5.41, 5.74) is 1.32. The van der Waals surface area contributed by atoms with E-state index >= 15 is 0 Å². The first-order chi connectivity index (χ1) is 16.1. The van der Waals surface area contributed by atoms with Gasteiger partial charge in [-0.05, 0) is 100 Å². The Morgan fingerprint density at radius 2 is 2.07 bits per heavy atom. The van der Waals surface area contributed by atoms with Crippen molar-refractivity contribution in [2.45, 2.75) is 110 Å². The Kier molecular flexibility index (Phi) is 4.98. The maximum Gasteiger partial charge on any atom is 0.0591 e. The van der Waals surface area contributed by atoms with Gasteiger partial charge in [-0.3, -0.25) is 0 Å². The number of fused-ring (bicyclic) bond motifs is 1. The molecule has 0 aliphatic heterocycles. The predicted molar refractivity (Wildman–Crippen MR) is 123 cm³/mol. The van der Waals surface area contributed by atoms with E-state index in [1.807, 2.05) is 0 Å². The monoisotopic (exact) mass is 406 g/mol. The van der Waals surface area contributed by atoms with Gasteiger partial charge in [0.2, 0.25) is 0 Å². The number of hydrogen-bond acceptors (Lipinski definition) is 2. The van der Waals surface area contributed by atoms with E-state index in [4.69, 9.17) is 8.22 Å². The Labute approximate surface area is 187 Å². The van der Waals surface area contributed by atoms with E-state index in [9.17, 15) is 10.2 Å². The molecule has 3 aliphatic carbocycles. The lowest BCUT2D eigenvalue weighted by Crippen LogP contribution is -2.36. The van der Waals surface area contributed by atoms with Crippen LogP contribution in [0.5, 0.6) is 0 Å². The van der Waals surface area contributed by atoms with Crippen molar-refractivity contribution in [3.63, 3.8) is 0 Å². The normalized spacial score (nSPS) is 41.1. The first-order valence-electron chi connectivity index (χ1n) is 14.6. The maximum absolute atomic E-state index is 10.6. The molecule has 2 N–H and O–H groups in total. The highest BCUT2D eigenvalue weighted by atomic mass is 16.3. The molecule has 0 unspecified atom stereocenters. The molecule has 3 rings (SSSR count). The summed E-state index contributed by atoms with van der Waals surface area (Å²) in [6.45, 7) is 2.91. The summed E-state index contributed by atoms with van der Waals surface area (Å²) >= 11 is 0. The van der Waals surface area contributed by atoms with Crippen LogP contribution in [0.1, 0.15) is 106 Å². The van der Waals surface area contributed by atoms with Crippen LogP contribution in [0.2, 0.25) is 0 Å². The van der Waals surface area contributed by atoms with Crippen molar-refractivity contribution in [1.29, 1.82) is 0 Å². The molecule has 0 aromatic heterocycles. The lowest BCUT2D eigenvalue weighted by molar-refractivity contribution is 0.0596. The standard InChI is InChI=1S/C27H44O2/c1-19-10-13-23(28)18-22(19)12-11-21-9-7-17-27(5)24(14-15-25(21)27)20(2)8-6-16-26(3,4)29/h11-12,20,23-25,28-29H,1,6-10,13-18H2,2-5H3/b21-11-,22-12+/t20-,23+,24-,25+,27-/m1/s1/i3D3,4D3. The highest BCUT2D eigenvalue weighted by Crippen LogP contribution is 2.60. The molecule has 2 nitrogen and oxygen atoms in total. The van der Waals surface area contributed by atoms with Crippen molar-refractivity contribution >= 4 is 0 Å². The summed E-state index contributed by atoms with van der Waals surface area (Å²) in [6.07, 6.45) is 13.1. The second-order valence-corrected chi connectivity index (χ2v) is 10.3. The van der Waals surface area contributed by atoms with Crippen molar-refractivity contribution in [3.8, 4) is 0 Å². The van der Waals surface area contributed by atoms with Crippen LogP contribution in [0, 0.1) is 23.2 Å². The SMILES string of the molecule is [2H]C([2H])([2H])C(O)(CCC[C@@H](C)[C@H]1CC[C@H]2/C(=C\C=C3/C[C@@H](O)CCC3=C)CCC[C@]12C)C([2H])([2H])[2H]. The van der Waals surface area contributed by atoms with Gasteiger partial charge in [0.1, 0.15) is 0 Å². The Bertz CT molecular complexity index is 826. The van der Waals surface area contributed by atoms with Crippen LogP contribution in [0.25, 0.3) is 0 Å². The van der Waals surface area contributed by atoms with Crippen LogP contribution in [0.15, 0.2) is 35.5 Å². The molecule has 0 aromatic carbocycles. The predicted octanol–water partition coefficient (Wildman–Crippen LogP) is 6.73. The summed E-state index contributed by atoms with van der Waals surface area (Å²) in [6, 6.07) is 0. The number of rotatable bonds is 6. The average molecular weight is 407 g/mol. The largest absolute Gasteiger partial charge is 0.393 e. The van der Waals surface area contributed by atoms with Crippen LogP contribution in [0.4, 0.5) is 0 Å². The van der Waals surface area contributed by atoms with E-state index in [0.29, 0.717) is 37.0 Å². The molecule has 164 valence electrons. The van der Waals surface area contributed by atoms with Crippen LogP contribution in [0.3, 0.4) is 0 Å². The van der Waals surface area contributed by atoms with Crippen LogP contribution in [-0.4, -0.2) is 21.9 Å². The number of allylic oxidation sites excluding steroid dienone is 4. The van der Waals surface area contributed by atoms with E-state index < -0.39 is 19.3 Å². The lowest BCUT2D eigenvalue weighted by Gasteiger charge is -2.44. The lowest BCUT2D eigenvalue weighted by atomic mass is 9.60. The topological polar surface area (TPSA) is 40.5 Å². The molecule has 5 atom stereocenters. The van der Waals surface area contributed by atoms with Crippen LogP contribution in [-0.2, 0) is 0 Å². The smallest absolute Gasteiger partial charge is 0.0591 e. The van der Waals surface area contributed by atoms with Crippen LogP contribution >= 0.6 is 0 Å². The van der Waals surface area contributed by atoms with Gasteiger partial charge in [0, 0.05) is 8.22 Å². The molecule has 0 amide bonds. The quantitative estimate of drug-likeness (QED) is 0.513. The zero-order valence-corrected chi connectivity index (χ0v) is 18.3. The van der Waals surface area contributed by atoms with E-state index in [1.54, 1.807) is 0 Å². The molecule has 3 fully saturated rings. The molecule has 29 heavy (non-hydrogen) atoms. The molecule has 0 aromatic rings. The Hall–Kier alpha value is -0.860. The van der Waals surface area contributed by atoms with Crippen LogP contribution < -0.4 is 0 Å². The van der Waals surface area contributed by atoms with Gasteiger partial charge in [-0.2, -0.15) is 0 Å². The fraction of sp³-hybridized carbons (Fsp3) is 0.778. The fourth-order valence-corrected chi connectivity index (χ4v) is 6.49. The molecule has 0 spiro atoms. The van der Waals surface area contributed by atoms with E-state index in [2.05, 4.69) is 32.6 Å². The van der Waals surface area contributed by atoms with E-state index in [-0.39, 0.29) is 17.9 Å². The van der Waals surface area contributed by atoms with E-state index in [0.717, 1.165) is 44.1 Å². The minimum atomic E-state index is -2.94. The molecular formula is C27H44O2. The number of hydrogen-bond donors (Lipinski definition) is 2. The van der Waals surface area contributed by atoms with Gasteiger partial charge in [-0.15, -0.1) is 0 Å². The molecule has 0 bridgehead atoms. The number of aliphatic hydroxyl groups excluding tert-OH is 1. The van der Waals surface area contributed by atoms with Crippen molar-refractivity contribution in [1.82, 2.24) is 0 Å². The van der Waals surface area contributed by atoms with Crippen molar-refractivity contribution < 1.29 is 18.4 Å². The highest BCUT2D eigenvalue weighted by molar-refractivity contribution is 5.36. The second-order valence-electron chi connectivity index (χ2n) is 10.3. The minimum absolute atomic E-state index is 0.176. The third kappa shape index (κ3) is 5.44. The zero-order chi connectivity index (χ0) is 26.2. The third-order valence-corrected chi connectivity index (χ3v) is 8.11. The first-order valence-corrected chi connectivity index (χ1v) is 11.6. The summed E-state index contributed by atoms with van der Waals surface area (Å²) in [5.74, 6) is 1.33. The van der Waals surface area contributed by atoms with Gasteiger partial charge in [-0.25, -0.2) is 0 Å². The van der Waals surface area contributed by atoms with Gasteiger partial charge in [0.05, 0.1) is 11.7 Å². The summed E-state index contributed by atoms with van der Waals surface area (Å²) < 4.78 is 45.6. The van der Waals surface area contributed by atoms with E-state index in [1.165, 1.54) is 17.6 Å². The van der Waals surface area contributed by atoms with Gasteiger partial charge in [0.25, 0.3) is 0 Å². The molecule has 0 radical (unpaired) electrons. The van der Waals surface area contributed by atoms with Gasteiger partial charge in [-0.1, -0.05) is 56.6 Å². The second kappa shape index (κ2) is 9.10.